The zero-order valence-electron chi connectivity index (χ0n) is 16.0. The maximum absolute atomic E-state index is 12.7. The van der Waals surface area contributed by atoms with E-state index >= 15 is 0 Å². The van der Waals surface area contributed by atoms with Crippen molar-refractivity contribution in [3.8, 4) is 5.75 Å². The molecule has 1 N–H and O–H groups in total. The molecule has 0 bridgehead atoms. The molecule has 0 saturated heterocycles. The third-order valence-electron chi connectivity index (χ3n) is 4.12. The van der Waals surface area contributed by atoms with Gasteiger partial charge in [0, 0.05) is 5.69 Å². The number of carbonyl (C=O) groups is 3. The van der Waals surface area contributed by atoms with Crippen LogP contribution in [-0.4, -0.2) is 42.5 Å². The maximum atomic E-state index is 12.7. The van der Waals surface area contributed by atoms with Crippen LogP contribution >= 0.6 is 0 Å². The first-order valence-corrected chi connectivity index (χ1v) is 8.55. The number of aromatic amines is 1. The predicted molar refractivity (Wildman–Crippen MR) is 98.4 cm³/mol. The average molecular weight is 373 g/mol. The standard InChI is InChI=1S/C20H23NO6/c1-6-26-19(23)14-7-9-15(10-8-14)27-13(4)18(22)17-11(2)16(12(3)21-17)20(24)25-5/h7-10,13,21H,6H2,1-5H3. The predicted octanol–water partition coefficient (Wildman–Crippen LogP) is 3.25. The van der Waals surface area contributed by atoms with Crippen LogP contribution in [-0.2, 0) is 9.47 Å². The van der Waals surface area contributed by atoms with Crippen LogP contribution in [0.25, 0.3) is 0 Å². The molecule has 144 valence electrons. The Bertz CT molecular complexity index is 850. The Morgan fingerprint density at radius 1 is 1.07 bits per heavy atom. The summed E-state index contributed by atoms with van der Waals surface area (Å²) in [7, 11) is 1.29. The van der Waals surface area contributed by atoms with Crippen LogP contribution in [0, 0.1) is 13.8 Å². The number of H-pyrrole nitrogens is 1. The van der Waals surface area contributed by atoms with Gasteiger partial charge in [0.2, 0.25) is 5.78 Å². The maximum Gasteiger partial charge on any atom is 0.339 e. The highest BCUT2D eigenvalue weighted by Crippen LogP contribution is 2.22. The van der Waals surface area contributed by atoms with Gasteiger partial charge < -0.3 is 19.2 Å². The largest absolute Gasteiger partial charge is 0.483 e. The molecular formula is C20H23NO6. The third kappa shape index (κ3) is 4.36. The van der Waals surface area contributed by atoms with Gasteiger partial charge >= 0.3 is 11.9 Å². The molecule has 2 aromatic rings. The van der Waals surface area contributed by atoms with Crippen molar-refractivity contribution in [1.82, 2.24) is 4.98 Å². The summed E-state index contributed by atoms with van der Waals surface area (Å²) in [4.78, 5) is 39.2. The van der Waals surface area contributed by atoms with Gasteiger partial charge in [-0.25, -0.2) is 9.59 Å². The van der Waals surface area contributed by atoms with Gasteiger partial charge in [0.05, 0.1) is 30.5 Å². The van der Waals surface area contributed by atoms with E-state index in [9.17, 15) is 14.4 Å². The fourth-order valence-electron chi connectivity index (χ4n) is 2.75. The lowest BCUT2D eigenvalue weighted by molar-refractivity contribution is 0.0524. The van der Waals surface area contributed by atoms with Crippen LogP contribution in [0.3, 0.4) is 0 Å². The number of ether oxygens (including phenoxy) is 3. The lowest BCUT2D eigenvalue weighted by Gasteiger charge is -2.14. The Hall–Kier alpha value is -3.09. The van der Waals surface area contributed by atoms with Gasteiger partial charge in [0.25, 0.3) is 0 Å². The van der Waals surface area contributed by atoms with Crippen molar-refractivity contribution in [2.24, 2.45) is 0 Å². The number of benzene rings is 1. The Morgan fingerprint density at radius 2 is 1.70 bits per heavy atom. The first-order chi connectivity index (χ1) is 12.8. The molecular weight excluding hydrogens is 350 g/mol. The molecule has 1 aromatic carbocycles. The second kappa shape index (κ2) is 8.53. The van der Waals surface area contributed by atoms with Gasteiger partial charge in [-0.05, 0) is 57.5 Å². The van der Waals surface area contributed by atoms with E-state index in [1.54, 1.807) is 52.0 Å². The number of rotatable bonds is 7. The van der Waals surface area contributed by atoms with E-state index in [0.29, 0.717) is 40.4 Å². The van der Waals surface area contributed by atoms with Crippen molar-refractivity contribution >= 4 is 17.7 Å². The monoisotopic (exact) mass is 373 g/mol. The Morgan fingerprint density at radius 3 is 2.26 bits per heavy atom. The number of hydrogen-bond acceptors (Lipinski definition) is 6. The van der Waals surface area contributed by atoms with E-state index in [1.807, 2.05) is 0 Å². The summed E-state index contributed by atoms with van der Waals surface area (Å²) in [6.45, 7) is 7.04. The summed E-state index contributed by atoms with van der Waals surface area (Å²) in [5.74, 6) is -0.761. The quantitative estimate of drug-likeness (QED) is 0.591. The highest BCUT2D eigenvalue weighted by atomic mass is 16.5. The number of hydrogen-bond donors (Lipinski definition) is 1. The lowest BCUT2D eigenvalue weighted by atomic mass is 10.1. The van der Waals surface area contributed by atoms with E-state index in [4.69, 9.17) is 14.2 Å². The first kappa shape index (κ1) is 20.2. The molecule has 0 radical (unpaired) electrons. The summed E-state index contributed by atoms with van der Waals surface area (Å²) in [5, 5.41) is 0. The van der Waals surface area contributed by atoms with Crippen LogP contribution in [0.15, 0.2) is 24.3 Å². The molecule has 2 rings (SSSR count). The summed E-state index contributed by atoms with van der Waals surface area (Å²) in [6.07, 6.45) is -0.791. The van der Waals surface area contributed by atoms with Crippen molar-refractivity contribution < 1.29 is 28.6 Å². The molecule has 0 fully saturated rings. The first-order valence-electron chi connectivity index (χ1n) is 8.55. The Labute approximate surface area is 157 Å². The Kier molecular flexibility index (Phi) is 6.39. The number of carbonyl (C=O) groups excluding carboxylic acids is 3. The minimum Gasteiger partial charge on any atom is -0.483 e. The van der Waals surface area contributed by atoms with Crippen LogP contribution in [0.5, 0.6) is 5.75 Å². The van der Waals surface area contributed by atoms with Crippen molar-refractivity contribution in [3.05, 3.63) is 52.3 Å². The molecule has 1 unspecified atom stereocenters. The smallest absolute Gasteiger partial charge is 0.339 e. The lowest BCUT2D eigenvalue weighted by Crippen LogP contribution is -2.25. The fourth-order valence-corrected chi connectivity index (χ4v) is 2.75. The molecule has 0 aliphatic rings. The second-order valence-corrected chi connectivity index (χ2v) is 5.99. The van der Waals surface area contributed by atoms with Crippen molar-refractivity contribution in [2.45, 2.75) is 33.8 Å². The molecule has 0 aliphatic carbocycles. The zero-order chi connectivity index (χ0) is 20.1. The third-order valence-corrected chi connectivity index (χ3v) is 4.12. The molecule has 1 heterocycles. The van der Waals surface area contributed by atoms with Gasteiger partial charge in [-0.2, -0.15) is 0 Å². The van der Waals surface area contributed by atoms with E-state index in [0.717, 1.165) is 0 Å². The van der Waals surface area contributed by atoms with Crippen LogP contribution in [0.1, 0.15) is 56.3 Å². The molecule has 27 heavy (non-hydrogen) atoms. The topological polar surface area (TPSA) is 94.7 Å². The van der Waals surface area contributed by atoms with E-state index < -0.39 is 18.0 Å². The van der Waals surface area contributed by atoms with E-state index in [-0.39, 0.29) is 5.78 Å². The number of esters is 2. The zero-order valence-corrected chi connectivity index (χ0v) is 16.0. The number of aryl methyl sites for hydroxylation is 1. The number of nitrogens with one attached hydrogen (secondary N) is 1. The summed E-state index contributed by atoms with van der Waals surface area (Å²) in [6, 6.07) is 6.35. The normalized spacial score (nSPS) is 11.6. The number of methoxy groups -OCH3 is 1. The SMILES string of the molecule is CCOC(=O)c1ccc(OC(C)C(=O)c2[nH]c(C)c(C(=O)OC)c2C)cc1. The highest BCUT2D eigenvalue weighted by Gasteiger charge is 2.26. The van der Waals surface area contributed by atoms with Crippen molar-refractivity contribution in [3.63, 3.8) is 0 Å². The number of aromatic nitrogens is 1. The molecule has 0 aliphatic heterocycles. The van der Waals surface area contributed by atoms with E-state index in [1.165, 1.54) is 7.11 Å². The minimum atomic E-state index is -0.791. The van der Waals surface area contributed by atoms with Crippen molar-refractivity contribution in [1.29, 1.82) is 0 Å². The molecule has 7 nitrogen and oxygen atoms in total. The summed E-state index contributed by atoms with van der Waals surface area (Å²) < 4.78 is 15.4. The van der Waals surface area contributed by atoms with Crippen LogP contribution in [0.2, 0.25) is 0 Å². The molecule has 0 saturated carbocycles. The van der Waals surface area contributed by atoms with Gasteiger partial charge in [-0.3, -0.25) is 4.79 Å². The average Bonchev–Trinajstić information content (AvgIpc) is 2.95. The molecule has 1 atom stereocenters. The van der Waals surface area contributed by atoms with E-state index in [2.05, 4.69) is 4.98 Å². The van der Waals surface area contributed by atoms with Crippen molar-refractivity contribution in [2.75, 3.05) is 13.7 Å². The van der Waals surface area contributed by atoms with Gasteiger partial charge in [-0.15, -0.1) is 0 Å². The number of ketones is 1. The minimum absolute atomic E-state index is 0.291. The van der Waals surface area contributed by atoms with Gasteiger partial charge in [0.1, 0.15) is 5.75 Å². The van der Waals surface area contributed by atoms with Gasteiger partial charge in [-0.1, -0.05) is 0 Å². The molecule has 1 aromatic heterocycles. The second-order valence-electron chi connectivity index (χ2n) is 5.99. The Balaban J connectivity index is 2.14. The fraction of sp³-hybridized carbons (Fsp3) is 0.350. The summed E-state index contributed by atoms with van der Waals surface area (Å²) in [5.41, 5.74) is 2.16. The van der Waals surface area contributed by atoms with Crippen LogP contribution < -0.4 is 4.74 Å². The highest BCUT2D eigenvalue weighted by molar-refractivity contribution is 6.03. The molecule has 0 spiro atoms. The van der Waals surface area contributed by atoms with Crippen LogP contribution in [0.4, 0.5) is 0 Å². The number of Topliss-reactive ketones (excluding diaryl/α,β-unsaturated/α-hetero) is 1. The summed E-state index contributed by atoms with van der Waals surface area (Å²) >= 11 is 0. The van der Waals surface area contributed by atoms with Gasteiger partial charge in [0.15, 0.2) is 6.10 Å². The molecule has 7 heteroatoms. The molecule has 0 amide bonds.